The maximum absolute atomic E-state index is 12.1. The molecule has 2 rings (SSSR count). The summed E-state index contributed by atoms with van der Waals surface area (Å²) in [6, 6.07) is 8.19. The van der Waals surface area contributed by atoms with Crippen molar-refractivity contribution in [2.75, 3.05) is 25.0 Å². The highest BCUT2D eigenvalue weighted by Crippen LogP contribution is 2.15. The second-order valence-corrected chi connectivity index (χ2v) is 8.27. The van der Waals surface area contributed by atoms with Gasteiger partial charge in [-0.2, -0.15) is 0 Å². The summed E-state index contributed by atoms with van der Waals surface area (Å²) in [4.78, 5) is 14.5. The molecule has 1 saturated heterocycles. The lowest BCUT2D eigenvalue weighted by Crippen LogP contribution is -2.37. The number of hydrogen-bond acceptors (Lipinski definition) is 3. The quantitative estimate of drug-likeness (QED) is 0.421. The summed E-state index contributed by atoms with van der Waals surface area (Å²) >= 11 is 0. The molecule has 0 saturated carbocycles. The van der Waals surface area contributed by atoms with E-state index < -0.39 is 0 Å². The molecule has 0 aliphatic carbocycles. The van der Waals surface area contributed by atoms with Gasteiger partial charge in [-0.15, -0.1) is 0 Å². The van der Waals surface area contributed by atoms with E-state index in [1.165, 1.54) is 69.8 Å². The number of hydrogen-bond donors (Lipinski definition) is 1. The van der Waals surface area contributed by atoms with Crippen molar-refractivity contribution in [1.29, 1.82) is 0 Å². The Balaban J connectivity index is 1.60. The molecule has 1 aromatic carbocycles. The molecule has 1 atom stereocenters. The van der Waals surface area contributed by atoms with Gasteiger partial charge < -0.3 is 4.74 Å². The van der Waals surface area contributed by atoms with Crippen molar-refractivity contribution in [1.82, 2.24) is 4.90 Å². The predicted octanol–water partition coefficient (Wildman–Crippen LogP) is 6.40. The van der Waals surface area contributed by atoms with Gasteiger partial charge >= 0.3 is 6.09 Å². The summed E-state index contributed by atoms with van der Waals surface area (Å²) in [7, 11) is 0. The topological polar surface area (TPSA) is 41.6 Å². The fourth-order valence-corrected chi connectivity index (χ4v) is 3.91. The number of carbonyl (C=O) groups excluding carboxylic acids is 1. The number of likely N-dealkylation sites (tertiary alicyclic amines) is 1. The first kappa shape index (κ1) is 22.7. The third-order valence-electron chi connectivity index (χ3n) is 5.54. The summed E-state index contributed by atoms with van der Waals surface area (Å²) in [6.45, 7) is 7.30. The average Bonchev–Trinajstić information content (AvgIpc) is 2.69. The predicted molar refractivity (Wildman–Crippen MR) is 118 cm³/mol. The highest BCUT2D eigenvalue weighted by atomic mass is 16.6. The highest BCUT2D eigenvalue weighted by Gasteiger charge is 2.16. The third kappa shape index (κ3) is 9.59. The minimum Gasteiger partial charge on any atom is -0.445 e. The molecule has 0 bridgehead atoms. The number of nitrogens with one attached hydrogen (secondary N) is 1. The van der Waals surface area contributed by atoms with Crippen LogP contribution in [-0.2, 0) is 11.2 Å². The molecule has 4 nitrogen and oxygen atoms in total. The van der Waals surface area contributed by atoms with Gasteiger partial charge in [0, 0.05) is 12.2 Å². The maximum atomic E-state index is 12.1. The van der Waals surface area contributed by atoms with Crippen LogP contribution in [-0.4, -0.2) is 36.7 Å². The van der Waals surface area contributed by atoms with Crippen LogP contribution in [0.1, 0.15) is 83.6 Å². The lowest BCUT2D eigenvalue weighted by molar-refractivity contribution is 0.0833. The molecule has 1 aromatic rings. The zero-order chi connectivity index (χ0) is 20.0. The largest absolute Gasteiger partial charge is 0.445 e. The second-order valence-electron chi connectivity index (χ2n) is 8.27. The zero-order valence-corrected chi connectivity index (χ0v) is 18.0. The lowest BCUT2D eigenvalue weighted by atomic mass is 10.0. The van der Waals surface area contributed by atoms with Crippen LogP contribution in [0.2, 0.25) is 0 Å². The molecular formula is C24H40N2O2. The first-order valence-electron chi connectivity index (χ1n) is 11.5. The van der Waals surface area contributed by atoms with Crippen LogP contribution in [0, 0.1) is 0 Å². The molecule has 1 fully saturated rings. The Morgan fingerprint density at radius 3 is 2.32 bits per heavy atom. The van der Waals surface area contributed by atoms with Crippen LogP contribution >= 0.6 is 0 Å². The van der Waals surface area contributed by atoms with E-state index in [1.54, 1.807) is 0 Å². The Kier molecular flexibility index (Phi) is 11.0. The van der Waals surface area contributed by atoms with Crippen LogP contribution in [0.5, 0.6) is 0 Å². The van der Waals surface area contributed by atoms with Crippen LogP contribution in [0.25, 0.3) is 0 Å². The SMILES string of the molecule is CCCCCCCCCc1ccc(NC(=O)O[C@@H](C)CN2CCCCC2)cc1. The number of piperidine rings is 1. The number of nitrogens with zero attached hydrogens (tertiary/aromatic N) is 1. The standard InChI is InChI=1S/C24H40N2O2/c1-3-4-5-6-7-8-10-13-22-14-16-23(17-15-22)25-24(27)28-21(2)20-26-18-11-9-12-19-26/h14-17,21H,3-13,18-20H2,1-2H3,(H,25,27)/t21-/m0/s1. The summed E-state index contributed by atoms with van der Waals surface area (Å²) in [6.07, 6.45) is 13.8. The molecule has 0 unspecified atom stereocenters. The molecular weight excluding hydrogens is 348 g/mol. The van der Waals surface area contributed by atoms with Crippen LogP contribution in [0.15, 0.2) is 24.3 Å². The number of benzene rings is 1. The van der Waals surface area contributed by atoms with Gasteiger partial charge in [0.05, 0.1) is 0 Å². The number of amides is 1. The second kappa shape index (κ2) is 13.6. The number of anilines is 1. The fourth-order valence-electron chi connectivity index (χ4n) is 3.91. The molecule has 0 aromatic heterocycles. The van der Waals surface area contributed by atoms with Crippen molar-refractivity contribution in [3.05, 3.63) is 29.8 Å². The van der Waals surface area contributed by atoms with Gasteiger partial charge in [-0.3, -0.25) is 10.2 Å². The molecule has 1 aliphatic heterocycles. The van der Waals surface area contributed by atoms with E-state index in [2.05, 4.69) is 29.3 Å². The van der Waals surface area contributed by atoms with E-state index in [1.807, 2.05) is 19.1 Å². The minimum absolute atomic E-state index is 0.0882. The summed E-state index contributed by atoms with van der Waals surface area (Å²) in [5.74, 6) is 0. The Labute approximate surface area is 172 Å². The summed E-state index contributed by atoms with van der Waals surface area (Å²) in [5, 5.41) is 2.85. The number of carbonyl (C=O) groups is 1. The van der Waals surface area contributed by atoms with Crippen molar-refractivity contribution in [3.63, 3.8) is 0 Å². The van der Waals surface area contributed by atoms with E-state index in [9.17, 15) is 4.79 Å². The van der Waals surface area contributed by atoms with Crippen molar-refractivity contribution in [3.8, 4) is 0 Å². The maximum Gasteiger partial charge on any atom is 0.411 e. The normalized spacial score (nSPS) is 15.9. The van der Waals surface area contributed by atoms with E-state index in [-0.39, 0.29) is 12.2 Å². The van der Waals surface area contributed by atoms with E-state index in [0.29, 0.717) is 0 Å². The Morgan fingerprint density at radius 2 is 1.64 bits per heavy atom. The highest BCUT2D eigenvalue weighted by molar-refractivity contribution is 5.84. The van der Waals surface area contributed by atoms with Crippen molar-refractivity contribution >= 4 is 11.8 Å². The molecule has 1 aliphatic rings. The Hall–Kier alpha value is -1.55. The molecule has 0 spiro atoms. The number of unbranched alkanes of at least 4 members (excludes halogenated alkanes) is 6. The van der Waals surface area contributed by atoms with Gasteiger partial charge in [0.2, 0.25) is 0 Å². The molecule has 1 amide bonds. The van der Waals surface area contributed by atoms with Gasteiger partial charge in [0.25, 0.3) is 0 Å². The van der Waals surface area contributed by atoms with Gasteiger partial charge in [0.15, 0.2) is 0 Å². The number of aryl methyl sites for hydroxylation is 1. The van der Waals surface area contributed by atoms with E-state index in [0.717, 1.165) is 31.7 Å². The smallest absolute Gasteiger partial charge is 0.411 e. The molecule has 1 N–H and O–H groups in total. The fraction of sp³-hybridized carbons (Fsp3) is 0.708. The Bertz CT molecular complexity index is 538. The minimum atomic E-state index is -0.357. The van der Waals surface area contributed by atoms with E-state index in [4.69, 9.17) is 4.74 Å². The summed E-state index contributed by atoms with van der Waals surface area (Å²) in [5.41, 5.74) is 2.14. The van der Waals surface area contributed by atoms with Crippen LogP contribution in [0.3, 0.4) is 0 Å². The molecule has 28 heavy (non-hydrogen) atoms. The monoisotopic (exact) mass is 388 g/mol. The van der Waals surface area contributed by atoms with Gasteiger partial charge in [-0.05, 0) is 63.4 Å². The molecule has 4 heteroatoms. The van der Waals surface area contributed by atoms with Crippen molar-refractivity contribution in [2.24, 2.45) is 0 Å². The molecule has 1 heterocycles. The lowest BCUT2D eigenvalue weighted by Gasteiger charge is -2.28. The van der Waals surface area contributed by atoms with Gasteiger partial charge in [-0.1, -0.05) is 64.0 Å². The Morgan fingerprint density at radius 1 is 1.00 bits per heavy atom. The molecule has 158 valence electrons. The van der Waals surface area contributed by atoms with Crippen LogP contribution in [0.4, 0.5) is 10.5 Å². The van der Waals surface area contributed by atoms with E-state index >= 15 is 0 Å². The first-order chi connectivity index (χ1) is 13.7. The number of ether oxygens (including phenoxy) is 1. The zero-order valence-electron chi connectivity index (χ0n) is 18.0. The summed E-state index contributed by atoms with van der Waals surface area (Å²) < 4.78 is 5.52. The van der Waals surface area contributed by atoms with Gasteiger partial charge in [-0.25, -0.2) is 4.79 Å². The number of rotatable bonds is 12. The average molecular weight is 389 g/mol. The third-order valence-corrected chi connectivity index (χ3v) is 5.54. The molecule has 0 radical (unpaired) electrons. The van der Waals surface area contributed by atoms with Crippen LogP contribution < -0.4 is 5.32 Å². The first-order valence-corrected chi connectivity index (χ1v) is 11.5. The van der Waals surface area contributed by atoms with Crippen molar-refractivity contribution in [2.45, 2.75) is 90.6 Å². The van der Waals surface area contributed by atoms with Gasteiger partial charge in [0.1, 0.15) is 6.10 Å². The van der Waals surface area contributed by atoms with Crippen molar-refractivity contribution < 1.29 is 9.53 Å².